The summed E-state index contributed by atoms with van der Waals surface area (Å²) in [7, 11) is 1.83. The van der Waals surface area contributed by atoms with E-state index in [9.17, 15) is 9.18 Å². The van der Waals surface area contributed by atoms with Crippen LogP contribution in [0.5, 0.6) is 5.75 Å². The number of ether oxygens (including phenoxy) is 2. The molecule has 1 fully saturated rings. The molecule has 0 spiro atoms. The van der Waals surface area contributed by atoms with Gasteiger partial charge in [0.25, 0.3) is 0 Å². The predicted octanol–water partition coefficient (Wildman–Crippen LogP) is 2.22. The van der Waals surface area contributed by atoms with Gasteiger partial charge in [0.1, 0.15) is 23.8 Å². The van der Waals surface area contributed by atoms with Crippen molar-refractivity contribution in [3.8, 4) is 5.75 Å². The summed E-state index contributed by atoms with van der Waals surface area (Å²) in [4.78, 5) is 12.5. The number of carbonyl (C=O) groups excluding carboxylic acids is 1. The van der Waals surface area contributed by atoms with Gasteiger partial charge in [-0.05, 0) is 31.5 Å². The van der Waals surface area contributed by atoms with Gasteiger partial charge in [0.2, 0.25) is 5.91 Å². The lowest BCUT2D eigenvalue weighted by Crippen LogP contribution is -2.38. The van der Waals surface area contributed by atoms with Crippen molar-refractivity contribution in [1.82, 2.24) is 15.1 Å². The normalized spacial score (nSPS) is 21.1. The van der Waals surface area contributed by atoms with E-state index in [0.717, 1.165) is 5.69 Å². The van der Waals surface area contributed by atoms with Crippen LogP contribution in [-0.2, 0) is 16.6 Å². The Morgan fingerprint density at radius 3 is 3.08 bits per heavy atom. The molecule has 134 valence electrons. The Hall–Kier alpha value is -2.41. The van der Waals surface area contributed by atoms with E-state index < -0.39 is 0 Å². The van der Waals surface area contributed by atoms with Crippen LogP contribution < -0.4 is 10.1 Å². The second-order valence-electron chi connectivity index (χ2n) is 6.20. The van der Waals surface area contributed by atoms with E-state index in [1.54, 1.807) is 23.0 Å². The Kier molecular flexibility index (Phi) is 5.33. The molecule has 0 aliphatic carbocycles. The van der Waals surface area contributed by atoms with Gasteiger partial charge in [-0.3, -0.25) is 9.48 Å². The Morgan fingerprint density at radius 1 is 1.52 bits per heavy atom. The molecule has 1 aromatic heterocycles. The number of hydrogen-bond donors (Lipinski definition) is 1. The summed E-state index contributed by atoms with van der Waals surface area (Å²) in [5.41, 5.74) is 0.890. The lowest BCUT2D eigenvalue weighted by atomic mass is 9.98. The van der Waals surface area contributed by atoms with Crippen molar-refractivity contribution < 1.29 is 18.7 Å². The summed E-state index contributed by atoms with van der Waals surface area (Å²) < 4.78 is 26.3. The fourth-order valence-electron chi connectivity index (χ4n) is 3.00. The number of rotatable bonds is 6. The Bertz CT molecular complexity index is 734. The zero-order valence-electron chi connectivity index (χ0n) is 14.3. The summed E-state index contributed by atoms with van der Waals surface area (Å²) in [5, 5.41) is 7.04. The van der Waals surface area contributed by atoms with Crippen molar-refractivity contribution in [2.45, 2.75) is 25.6 Å². The molecule has 0 radical (unpaired) electrons. The maximum atomic E-state index is 13.2. The van der Waals surface area contributed by atoms with E-state index in [0.29, 0.717) is 25.3 Å². The number of amides is 1. The van der Waals surface area contributed by atoms with Gasteiger partial charge in [0.05, 0.1) is 18.2 Å². The molecule has 1 saturated heterocycles. The second kappa shape index (κ2) is 7.65. The van der Waals surface area contributed by atoms with E-state index in [4.69, 9.17) is 9.47 Å². The number of halogens is 1. The van der Waals surface area contributed by atoms with Crippen molar-refractivity contribution in [1.29, 1.82) is 0 Å². The fraction of sp³-hybridized carbons (Fsp3) is 0.444. The molecule has 7 heteroatoms. The molecule has 2 heterocycles. The van der Waals surface area contributed by atoms with Gasteiger partial charge in [-0.2, -0.15) is 5.10 Å². The van der Waals surface area contributed by atoms with Gasteiger partial charge in [0.15, 0.2) is 0 Å². The van der Waals surface area contributed by atoms with Crippen molar-refractivity contribution in [2.24, 2.45) is 13.0 Å². The van der Waals surface area contributed by atoms with Crippen LogP contribution in [0.2, 0.25) is 0 Å². The quantitative estimate of drug-likeness (QED) is 0.870. The second-order valence-corrected chi connectivity index (χ2v) is 6.20. The first-order valence-electron chi connectivity index (χ1n) is 8.34. The Balaban J connectivity index is 1.54. The zero-order chi connectivity index (χ0) is 17.8. The highest BCUT2D eigenvalue weighted by Crippen LogP contribution is 2.34. The van der Waals surface area contributed by atoms with E-state index in [1.807, 2.05) is 20.0 Å². The molecule has 3 rings (SSSR count). The van der Waals surface area contributed by atoms with Crippen molar-refractivity contribution in [3.63, 3.8) is 0 Å². The molecule has 3 atom stereocenters. The fourth-order valence-corrected chi connectivity index (χ4v) is 3.00. The van der Waals surface area contributed by atoms with Gasteiger partial charge < -0.3 is 14.8 Å². The van der Waals surface area contributed by atoms with Crippen LogP contribution in [0.25, 0.3) is 0 Å². The van der Waals surface area contributed by atoms with Gasteiger partial charge in [0, 0.05) is 25.9 Å². The lowest BCUT2D eigenvalue weighted by molar-refractivity contribution is -0.127. The first-order valence-corrected chi connectivity index (χ1v) is 8.34. The van der Waals surface area contributed by atoms with Crippen LogP contribution in [0.3, 0.4) is 0 Å². The number of nitrogens with one attached hydrogen (secondary N) is 1. The maximum absolute atomic E-state index is 13.2. The molecular weight excluding hydrogens is 325 g/mol. The lowest BCUT2D eigenvalue weighted by Gasteiger charge is -2.20. The average Bonchev–Trinajstić information content (AvgIpc) is 3.21. The number of benzene rings is 1. The van der Waals surface area contributed by atoms with Crippen LogP contribution in [-0.4, -0.2) is 34.9 Å². The zero-order valence-corrected chi connectivity index (χ0v) is 14.3. The third-order valence-corrected chi connectivity index (χ3v) is 4.28. The van der Waals surface area contributed by atoms with Gasteiger partial charge in [-0.1, -0.05) is 6.07 Å². The summed E-state index contributed by atoms with van der Waals surface area (Å²) in [6.45, 7) is 2.71. The molecule has 1 N–H and O–H groups in total. The molecule has 25 heavy (non-hydrogen) atoms. The van der Waals surface area contributed by atoms with E-state index in [1.165, 1.54) is 12.1 Å². The minimum Gasteiger partial charge on any atom is -0.489 e. The molecule has 1 unspecified atom stereocenters. The summed E-state index contributed by atoms with van der Waals surface area (Å²) in [6, 6.07) is 7.82. The third-order valence-electron chi connectivity index (χ3n) is 4.28. The highest BCUT2D eigenvalue weighted by molar-refractivity contribution is 5.79. The van der Waals surface area contributed by atoms with Crippen LogP contribution in [0.15, 0.2) is 36.5 Å². The first-order chi connectivity index (χ1) is 12.0. The number of aromatic nitrogens is 2. The first kappa shape index (κ1) is 17.4. The molecule has 1 aliphatic heterocycles. The standard InChI is InChI=1S/C18H22FN3O3/c1-12(25-14-5-3-4-13(19)10-14)11-20-18(23)15-7-9-24-17(15)16-6-8-21-22(16)2/h3-6,8,10,12,15,17H,7,9,11H2,1-2H3,(H,20,23)/t12?,15-,17-/m1/s1. The van der Waals surface area contributed by atoms with E-state index >= 15 is 0 Å². The minimum atomic E-state index is -0.351. The van der Waals surface area contributed by atoms with Gasteiger partial charge in [-0.25, -0.2) is 4.39 Å². The van der Waals surface area contributed by atoms with Crippen LogP contribution in [0.4, 0.5) is 4.39 Å². The van der Waals surface area contributed by atoms with E-state index in [-0.39, 0.29) is 29.9 Å². The van der Waals surface area contributed by atoms with Crippen molar-refractivity contribution in [2.75, 3.05) is 13.2 Å². The largest absolute Gasteiger partial charge is 0.489 e. The van der Waals surface area contributed by atoms with Gasteiger partial charge in [-0.15, -0.1) is 0 Å². The number of carbonyl (C=O) groups is 1. The molecule has 2 aromatic rings. The predicted molar refractivity (Wildman–Crippen MR) is 89.5 cm³/mol. The summed E-state index contributed by atoms with van der Waals surface area (Å²) in [6.07, 6.45) is 1.80. The van der Waals surface area contributed by atoms with Crippen molar-refractivity contribution in [3.05, 3.63) is 48.0 Å². The van der Waals surface area contributed by atoms with Crippen LogP contribution in [0, 0.1) is 11.7 Å². The average molecular weight is 347 g/mol. The third kappa shape index (κ3) is 4.17. The molecule has 1 aliphatic rings. The molecule has 6 nitrogen and oxygen atoms in total. The molecule has 1 aromatic carbocycles. The van der Waals surface area contributed by atoms with Gasteiger partial charge >= 0.3 is 0 Å². The maximum Gasteiger partial charge on any atom is 0.226 e. The van der Waals surface area contributed by atoms with Crippen LogP contribution in [0.1, 0.15) is 25.1 Å². The number of hydrogen-bond acceptors (Lipinski definition) is 4. The van der Waals surface area contributed by atoms with Crippen LogP contribution >= 0.6 is 0 Å². The Labute approximate surface area is 145 Å². The number of nitrogens with zero attached hydrogens (tertiary/aromatic N) is 2. The smallest absolute Gasteiger partial charge is 0.226 e. The Morgan fingerprint density at radius 2 is 2.36 bits per heavy atom. The highest BCUT2D eigenvalue weighted by atomic mass is 19.1. The summed E-state index contributed by atoms with van der Waals surface area (Å²) in [5.74, 6) is -0.232. The summed E-state index contributed by atoms with van der Waals surface area (Å²) >= 11 is 0. The molecule has 0 bridgehead atoms. The van der Waals surface area contributed by atoms with Crippen molar-refractivity contribution >= 4 is 5.91 Å². The topological polar surface area (TPSA) is 65.4 Å². The molecular formula is C18H22FN3O3. The van der Waals surface area contributed by atoms with E-state index in [2.05, 4.69) is 10.4 Å². The molecule has 0 saturated carbocycles. The minimum absolute atomic E-state index is 0.0709. The SMILES string of the molecule is CC(CNC(=O)[C@@H]1CCO[C@H]1c1ccnn1C)Oc1cccc(F)c1. The molecule has 1 amide bonds. The monoisotopic (exact) mass is 347 g/mol. The highest BCUT2D eigenvalue weighted by Gasteiger charge is 2.36. The number of aryl methyl sites for hydroxylation is 1.